The molecule has 2 rings (SSSR count). The highest BCUT2D eigenvalue weighted by atomic mass is 16.1. The summed E-state index contributed by atoms with van der Waals surface area (Å²) < 4.78 is 0. The molecule has 0 unspecified atom stereocenters. The second-order valence-electron chi connectivity index (χ2n) is 5.10. The van der Waals surface area contributed by atoms with E-state index in [2.05, 4.69) is 34.5 Å². The van der Waals surface area contributed by atoms with Crippen molar-refractivity contribution in [1.29, 1.82) is 0 Å². The zero-order valence-corrected chi connectivity index (χ0v) is 12.0. The number of benzene rings is 1. The first-order valence-corrected chi connectivity index (χ1v) is 7.14. The van der Waals surface area contributed by atoms with E-state index in [1.165, 1.54) is 5.56 Å². The number of hydrogen-bond acceptors (Lipinski definition) is 2. The molecule has 1 atom stereocenters. The fraction of sp³-hybridized carbons (Fsp3) is 0.353. The average Bonchev–Trinajstić information content (AvgIpc) is 2.87. The molecule has 0 saturated carbocycles. The van der Waals surface area contributed by atoms with E-state index >= 15 is 0 Å². The highest BCUT2D eigenvalue weighted by Crippen LogP contribution is 2.13. The van der Waals surface area contributed by atoms with E-state index in [0.29, 0.717) is 0 Å². The Labute approximate surface area is 121 Å². The lowest BCUT2D eigenvalue weighted by Crippen LogP contribution is -2.35. The van der Waals surface area contributed by atoms with Crippen molar-refractivity contribution < 1.29 is 4.79 Å². The van der Waals surface area contributed by atoms with Gasteiger partial charge in [0, 0.05) is 31.8 Å². The molecule has 0 bridgehead atoms. The van der Waals surface area contributed by atoms with Gasteiger partial charge in [-0.2, -0.15) is 0 Å². The highest BCUT2D eigenvalue weighted by molar-refractivity contribution is 5.88. The number of nitrogens with zero attached hydrogens (tertiary/aromatic N) is 1. The molecule has 0 spiro atoms. The molecule has 3 nitrogen and oxygen atoms in total. The lowest BCUT2D eigenvalue weighted by atomic mass is 10.2. The predicted molar refractivity (Wildman–Crippen MR) is 82.2 cm³/mol. The van der Waals surface area contributed by atoms with Crippen LogP contribution in [0.15, 0.2) is 54.6 Å². The quantitative estimate of drug-likeness (QED) is 0.658. The van der Waals surface area contributed by atoms with Crippen molar-refractivity contribution in [3.8, 4) is 0 Å². The van der Waals surface area contributed by atoms with Crippen LogP contribution in [0.25, 0.3) is 0 Å². The van der Waals surface area contributed by atoms with Gasteiger partial charge in [0.05, 0.1) is 0 Å². The molecule has 106 valence electrons. The van der Waals surface area contributed by atoms with Crippen molar-refractivity contribution in [2.75, 3.05) is 13.1 Å². The highest BCUT2D eigenvalue weighted by Gasteiger charge is 2.22. The van der Waals surface area contributed by atoms with Crippen LogP contribution in [0.2, 0.25) is 0 Å². The van der Waals surface area contributed by atoms with Gasteiger partial charge in [-0.1, -0.05) is 48.6 Å². The molecule has 1 saturated heterocycles. The Bertz CT molecular complexity index is 479. The van der Waals surface area contributed by atoms with Gasteiger partial charge in [0.1, 0.15) is 0 Å². The van der Waals surface area contributed by atoms with Crippen molar-refractivity contribution in [2.24, 2.45) is 0 Å². The minimum Gasteiger partial charge on any atom is -0.348 e. The maximum absolute atomic E-state index is 11.7. The minimum atomic E-state index is -0.00494. The summed E-state index contributed by atoms with van der Waals surface area (Å²) in [5, 5.41) is 3.05. The molecule has 1 aliphatic rings. The topological polar surface area (TPSA) is 32.3 Å². The van der Waals surface area contributed by atoms with Crippen molar-refractivity contribution >= 4 is 5.91 Å². The monoisotopic (exact) mass is 270 g/mol. The van der Waals surface area contributed by atoms with Crippen LogP contribution in [-0.4, -0.2) is 29.9 Å². The van der Waals surface area contributed by atoms with Crippen LogP contribution >= 0.6 is 0 Å². The maximum atomic E-state index is 11.7. The van der Waals surface area contributed by atoms with Gasteiger partial charge in [0.15, 0.2) is 0 Å². The van der Waals surface area contributed by atoms with E-state index in [-0.39, 0.29) is 11.9 Å². The van der Waals surface area contributed by atoms with E-state index in [0.717, 1.165) is 26.1 Å². The first-order chi connectivity index (χ1) is 9.78. The molecule has 0 radical (unpaired) electrons. The Balaban J connectivity index is 1.76. The molecule has 1 heterocycles. The van der Waals surface area contributed by atoms with E-state index in [4.69, 9.17) is 0 Å². The van der Waals surface area contributed by atoms with E-state index in [1.807, 2.05) is 25.1 Å². The van der Waals surface area contributed by atoms with Gasteiger partial charge in [-0.05, 0) is 18.9 Å². The molecule has 1 N–H and O–H groups in total. The van der Waals surface area contributed by atoms with Crippen LogP contribution in [-0.2, 0) is 11.3 Å². The van der Waals surface area contributed by atoms with Gasteiger partial charge in [-0.25, -0.2) is 0 Å². The molecule has 0 aliphatic carbocycles. The van der Waals surface area contributed by atoms with E-state index in [9.17, 15) is 4.79 Å². The van der Waals surface area contributed by atoms with Crippen LogP contribution in [0.3, 0.4) is 0 Å². The molecule has 3 heteroatoms. The Morgan fingerprint density at radius 1 is 1.35 bits per heavy atom. The second-order valence-corrected chi connectivity index (χ2v) is 5.10. The SMILES string of the molecule is C/C=C/C=C/C(=O)N[C@@H]1CCN(Cc2ccccc2)C1. The van der Waals surface area contributed by atoms with Crippen LogP contribution in [0, 0.1) is 0 Å². The number of nitrogens with one attached hydrogen (secondary N) is 1. The Morgan fingerprint density at radius 3 is 2.90 bits per heavy atom. The minimum absolute atomic E-state index is 0.00494. The van der Waals surface area contributed by atoms with Crippen LogP contribution in [0.5, 0.6) is 0 Å². The fourth-order valence-electron chi connectivity index (χ4n) is 2.44. The van der Waals surface area contributed by atoms with Gasteiger partial charge in [-0.3, -0.25) is 9.69 Å². The van der Waals surface area contributed by atoms with Crippen LogP contribution in [0.4, 0.5) is 0 Å². The number of carbonyl (C=O) groups is 1. The molecule has 1 aromatic rings. The molecular formula is C17H22N2O. The number of carbonyl (C=O) groups excluding carboxylic acids is 1. The molecule has 1 aliphatic heterocycles. The first-order valence-electron chi connectivity index (χ1n) is 7.14. The largest absolute Gasteiger partial charge is 0.348 e. The second kappa shape index (κ2) is 7.65. The Kier molecular flexibility index (Phi) is 5.56. The Morgan fingerprint density at radius 2 is 2.15 bits per heavy atom. The summed E-state index contributed by atoms with van der Waals surface area (Å²) in [6, 6.07) is 10.7. The number of rotatable bonds is 5. The standard InChI is InChI=1S/C17H22N2O/c1-2-3-5-10-17(20)18-16-11-12-19(14-16)13-15-8-6-4-7-9-15/h2-10,16H,11-14H2,1H3,(H,18,20)/b3-2+,10-5+/t16-/m1/s1. The summed E-state index contributed by atoms with van der Waals surface area (Å²) in [6.07, 6.45) is 8.14. The molecule has 0 aromatic heterocycles. The van der Waals surface area contributed by atoms with Gasteiger partial charge in [0.2, 0.25) is 5.91 Å². The zero-order chi connectivity index (χ0) is 14.2. The lowest BCUT2D eigenvalue weighted by molar-refractivity contribution is -0.117. The maximum Gasteiger partial charge on any atom is 0.244 e. The van der Waals surface area contributed by atoms with Gasteiger partial charge >= 0.3 is 0 Å². The van der Waals surface area contributed by atoms with Crippen molar-refractivity contribution in [3.05, 3.63) is 60.2 Å². The third-order valence-electron chi connectivity index (χ3n) is 3.42. The summed E-state index contributed by atoms with van der Waals surface area (Å²) in [5.41, 5.74) is 1.33. The van der Waals surface area contributed by atoms with E-state index in [1.54, 1.807) is 12.2 Å². The molecule has 1 aromatic carbocycles. The molecular weight excluding hydrogens is 248 g/mol. The van der Waals surface area contributed by atoms with Gasteiger partial charge in [0.25, 0.3) is 0 Å². The van der Waals surface area contributed by atoms with Crippen LogP contribution < -0.4 is 5.32 Å². The number of allylic oxidation sites excluding steroid dienone is 3. The summed E-state index contributed by atoms with van der Waals surface area (Å²) in [6.45, 7) is 4.86. The third kappa shape index (κ3) is 4.67. The van der Waals surface area contributed by atoms with Crippen molar-refractivity contribution in [3.63, 3.8) is 0 Å². The summed E-state index contributed by atoms with van der Waals surface area (Å²) >= 11 is 0. The summed E-state index contributed by atoms with van der Waals surface area (Å²) in [7, 11) is 0. The first kappa shape index (κ1) is 14.5. The molecule has 1 fully saturated rings. The number of amides is 1. The normalized spacial score (nSPS) is 19.9. The zero-order valence-electron chi connectivity index (χ0n) is 12.0. The predicted octanol–water partition coefficient (Wildman–Crippen LogP) is 2.51. The third-order valence-corrected chi connectivity index (χ3v) is 3.42. The summed E-state index contributed by atoms with van der Waals surface area (Å²) in [5.74, 6) is -0.00494. The van der Waals surface area contributed by atoms with E-state index < -0.39 is 0 Å². The van der Waals surface area contributed by atoms with Gasteiger partial charge < -0.3 is 5.32 Å². The molecule has 1 amide bonds. The average molecular weight is 270 g/mol. The van der Waals surface area contributed by atoms with Crippen LogP contribution in [0.1, 0.15) is 18.9 Å². The number of likely N-dealkylation sites (tertiary alicyclic amines) is 1. The molecule has 20 heavy (non-hydrogen) atoms. The summed E-state index contributed by atoms with van der Waals surface area (Å²) in [4.78, 5) is 14.1. The van der Waals surface area contributed by atoms with Gasteiger partial charge in [-0.15, -0.1) is 0 Å². The fourth-order valence-corrected chi connectivity index (χ4v) is 2.44. The van der Waals surface area contributed by atoms with Crippen molar-refractivity contribution in [1.82, 2.24) is 10.2 Å². The van der Waals surface area contributed by atoms with Crippen molar-refractivity contribution in [2.45, 2.75) is 25.9 Å². The Hall–Kier alpha value is -1.87. The smallest absolute Gasteiger partial charge is 0.244 e. The lowest BCUT2D eigenvalue weighted by Gasteiger charge is -2.16. The number of hydrogen-bond donors (Lipinski definition) is 1.